The lowest BCUT2D eigenvalue weighted by molar-refractivity contribution is 0.0959. The second-order valence-corrected chi connectivity index (χ2v) is 7.58. The number of unbranched alkanes of at least 4 members (excludes halogenated alkanes) is 2. The van der Waals surface area contributed by atoms with Gasteiger partial charge >= 0.3 is 0 Å². The predicted molar refractivity (Wildman–Crippen MR) is 78.4 cm³/mol. The van der Waals surface area contributed by atoms with E-state index in [4.69, 9.17) is 4.74 Å². The maximum Gasteiger partial charge on any atom is 0.175 e. The van der Waals surface area contributed by atoms with E-state index in [1.807, 2.05) is 13.8 Å². The van der Waals surface area contributed by atoms with Crippen LogP contribution in [-0.4, -0.2) is 20.3 Å². The van der Waals surface area contributed by atoms with Gasteiger partial charge < -0.3 is 4.74 Å². The molecular weight excluding hydrogens is 260 g/mol. The van der Waals surface area contributed by atoms with E-state index in [-0.39, 0.29) is 5.60 Å². The highest BCUT2D eigenvalue weighted by Gasteiger charge is 2.20. The topological polar surface area (TPSA) is 43.4 Å². The lowest BCUT2D eigenvalue weighted by Crippen LogP contribution is -2.28. The van der Waals surface area contributed by atoms with Crippen molar-refractivity contribution in [3.63, 3.8) is 0 Å². The normalized spacial score (nSPS) is 12.4. The lowest BCUT2D eigenvalue weighted by Gasteiger charge is -2.26. The first kappa shape index (κ1) is 16.0. The number of sulfone groups is 1. The van der Waals surface area contributed by atoms with Crippen molar-refractivity contribution in [1.29, 1.82) is 0 Å². The zero-order chi connectivity index (χ0) is 14.5. The van der Waals surface area contributed by atoms with Crippen molar-refractivity contribution in [3.05, 3.63) is 24.3 Å². The number of ether oxygens (including phenoxy) is 1. The minimum absolute atomic E-state index is 0.273. The molecule has 1 rings (SSSR count). The molecule has 108 valence electrons. The van der Waals surface area contributed by atoms with E-state index in [0.29, 0.717) is 10.6 Å². The molecule has 0 saturated carbocycles. The molecule has 3 nitrogen and oxygen atoms in total. The van der Waals surface area contributed by atoms with E-state index in [0.717, 1.165) is 12.8 Å². The third-order valence-electron chi connectivity index (χ3n) is 3.01. The van der Waals surface area contributed by atoms with Crippen molar-refractivity contribution >= 4 is 9.84 Å². The molecule has 0 aliphatic rings. The van der Waals surface area contributed by atoms with Gasteiger partial charge in [-0.3, -0.25) is 0 Å². The summed E-state index contributed by atoms with van der Waals surface area (Å²) in [5.74, 6) is 0.615. The molecule has 0 saturated heterocycles. The summed E-state index contributed by atoms with van der Waals surface area (Å²) in [6.45, 7) is 6.25. The summed E-state index contributed by atoms with van der Waals surface area (Å²) < 4.78 is 28.9. The van der Waals surface area contributed by atoms with Gasteiger partial charge in [-0.25, -0.2) is 8.42 Å². The van der Waals surface area contributed by atoms with Gasteiger partial charge in [-0.05, 0) is 44.9 Å². The van der Waals surface area contributed by atoms with E-state index in [2.05, 4.69) is 6.92 Å². The maximum absolute atomic E-state index is 11.5. The van der Waals surface area contributed by atoms with Gasteiger partial charge in [0.05, 0.1) is 4.90 Å². The molecule has 0 aliphatic heterocycles. The van der Waals surface area contributed by atoms with Crippen molar-refractivity contribution in [2.24, 2.45) is 0 Å². The van der Waals surface area contributed by atoms with Gasteiger partial charge in [-0.1, -0.05) is 25.8 Å². The van der Waals surface area contributed by atoms with Gasteiger partial charge in [-0.15, -0.1) is 0 Å². The highest BCUT2D eigenvalue weighted by atomic mass is 32.2. The average Bonchev–Trinajstić information content (AvgIpc) is 2.27. The molecule has 0 radical (unpaired) electrons. The summed E-state index contributed by atoms with van der Waals surface area (Å²) in [6, 6.07) is 6.70. The smallest absolute Gasteiger partial charge is 0.175 e. The van der Waals surface area contributed by atoms with Crippen molar-refractivity contribution in [2.45, 2.75) is 57.0 Å². The zero-order valence-electron chi connectivity index (χ0n) is 12.3. The Kier molecular flexibility index (Phi) is 5.41. The molecule has 0 unspecified atom stereocenters. The van der Waals surface area contributed by atoms with Crippen LogP contribution in [0.2, 0.25) is 0 Å². The fourth-order valence-corrected chi connectivity index (χ4v) is 2.60. The molecule has 1 aromatic rings. The summed E-state index contributed by atoms with van der Waals surface area (Å²) in [5, 5.41) is 0. The summed E-state index contributed by atoms with van der Waals surface area (Å²) in [6.07, 6.45) is 5.66. The van der Waals surface area contributed by atoms with Crippen LogP contribution in [0.3, 0.4) is 0 Å². The van der Waals surface area contributed by atoms with E-state index >= 15 is 0 Å². The number of rotatable bonds is 7. The fraction of sp³-hybridized carbons (Fsp3) is 0.600. The molecule has 19 heavy (non-hydrogen) atoms. The van der Waals surface area contributed by atoms with Crippen LogP contribution in [-0.2, 0) is 9.84 Å². The largest absolute Gasteiger partial charge is 0.488 e. The van der Waals surface area contributed by atoms with Gasteiger partial charge in [0.25, 0.3) is 0 Å². The molecule has 1 aromatic carbocycles. The number of hydrogen-bond acceptors (Lipinski definition) is 3. The summed E-state index contributed by atoms with van der Waals surface area (Å²) >= 11 is 0. The fourth-order valence-electron chi connectivity index (χ4n) is 1.94. The Morgan fingerprint density at radius 1 is 1.21 bits per heavy atom. The molecule has 4 heteroatoms. The average molecular weight is 284 g/mol. The summed E-state index contributed by atoms with van der Waals surface area (Å²) in [4.78, 5) is 0.300. The minimum atomic E-state index is -3.18. The van der Waals surface area contributed by atoms with Crippen molar-refractivity contribution < 1.29 is 13.2 Å². The summed E-state index contributed by atoms with van der Waals surface area (Å²) in [7, 11) is -3.18. The highest BCUT2D eigenvalue weighted by molar-refractivity contribution is 7.90. The monoisotopic (exact) mass is 284 g/mol. The van der Waals surface area contributed by atoms with Gasteiger partial charge in [0.15, 0.2) is 9.84 Å². The van der Waals surface area contributed by atoms with Gasteiger partial charge in [0, 0.05) is 6.26 Å². The maximum atomic E-state index is 11.5. The Bertz CT molecular complexity index is 504. The molecule has 0 heterocycles. The zero-order valence-corrected chi connectivity index (χ0v) is 13.1. The minimum Gasteiger partial charge on any atom is -0.488 e. The van der Waals surface area contributed by atoms with Crippen molar-refractivity contribution in [3.8, 4) is 5.75 Å². The molecule has 0 amide bonds. The van der Waals surface area contributed by atoms with E-state index in [9.17, 15) is 8.42 Å². The SMILES string of the molecule is CCCCCC(C)(C)Oc1cccc(S(C)(=O)=O)c1. The molecule has 0 spiro atoms. The molecular formula is C15H24O3S. The molecule has 0 N–H and O–H groups in total. The Morgan fingerprint density at radius 2 is 1.89 bits per heavy atom. The van der Waals surface area contributed by atoms with Crippen LogP contribution in [0.25, 0.3) is 0 Å². The number of benzene rings is 1. The Morgan fingerprint density at radius 3 is 2.47 bits per heavy atom. The van der Waals surface area contributed by atoms with Crippen molar-refractivity contribution in [2.75, 3.05) is 6.26 Å². The summed E-state index contributed by atoms with van der Waals surface area (Å²) in [5.41, 5.74) is -0.273. The van der Waals surface area contributed by atoms with Gasteiger partial charge in [-0.2, -0.15) is 0 Å². The quantitative estimate of drug-likeness (QED) is 0.715. The third-order valence-corrected chi connectivity index (χ3v) is 4.12. The van der Waals surface area contributed by atoms with Gasteiger partial charge in [0.1, 0.15) is 11.4 Å². The van der Waals surface area contributed by atoms with Crippen LogP contribution >= 0.6 is 0 Å². The van der Waals surface area contributed by atoms with E-state index < -0.39 is 9.84 Å². The van der Waals surface area contributed by atoms with Crippen LogP contribution in [0.1, 0.15) is 46.5 Å². The third kappa shape index (κ3) is 5.64. The molecule has 0 aliphatic carbocycles. The van der Waals surface area contributed by atoms with Crippen molar-refractivity contribution in [1.82, 2.24) is 0 Å². The molecule has 0 aromatic heterocycles. The van der Waals surface area contributed by atoms with Crippen LogP contribution in [0, 0.1) is 0 Å². The molecule has 0 atom stereocenters. The van der Waals surface area contributed by atoms with Crippen LogP contribution in [0.4, 0.5) is 0 Å². The van der Waals surface area contributed by atoms with E-state index in [1.54, 1.807) is 24.3 Å². The standard InChI is InChI=1S/C15H24O3S/c1-5-6-7-11-15(2,3)18-13-9-8-10-14(12-13)19(4,16)17/h8-10,12H,5-7,11H2,1-4H3. The van der Waals surface area contributed by atoms with Crippen LogP contribution < -0.4 is 4.74 Å². The number of hydrogen-bond donors (Lipinski definition) is 0. The Balaban J connectivity index is 2.76. The van der Waals surface area contributed by atoms with Crippen LogP contribution in [0.15, 0.2) is 29.2 Å². The van der Waals surface area contributed by atoms with Crippen LogP contribution in [0.5, 0.6) is 5.75 Å². The lowest BCUT2D eigenvalue weighted by atomic mass is 10.0. The highest BCUT2D eigenvalue weighted by Crippen LogP contribution is 2.25. The first-order valence-electron chi connectivity index (χ1n) is 6.74. The second-order valence-electron chi connectivity index (χ2n) is 5.57. The predicted octanol–water partition coefficient (Wildman–Crippen LogP) is 3.83. The molecule has 0 fully saturated rings. The first-order valence-corrected chi connectivity index (χ1v) is 8.63. The first-order chi connectivity index (χ1) is 8.74. The van der Waals surface area contributed by atoms with Gasteiger partial charge in [0.2, 0.25) is 0 Å². The Hall–Kier alpha value is -1.03. The Labute approximate surface area is 116 Å². The second kappa shape index (κ2) is 6.42. The van der Waals surface area contributed by atoms with E-state index in [1.165, 1.54) is 19.1 Å². The molecule has 0 bridgehead atoms.